The van der Waals surface area contributed by atoms with Crippen LogP contribution in [0.5, 0.6) is 0 Å². The molecule has 0 aromatic rings. The molecule has 0 aromatic carbocycles. The van der Waals surface area contributed by atoms with Gasteiger partial charge in [-0.1, -0.05) is 0 Å². The second-order valence-corrected chi connectivity index (χ2v) is 5.41. The maximum absolute atomic E-state index is 10.8. The van der Waals surface area contributed by atoms with Crippen LogP contribution in [0.1, 0.15) is 32.1 Å². The van der Waals surface area contributed by atoms with Crippen LogP contribution in [0, 0.1) is 11.3 Å². The topological polar surface area (TPSA) is 40.5 Å². The smallest absolute Gasteiger partial charge is 0.306 e. The maximum atomic E-state index is 10.8. The number of carboxylic acid groups (broad SMARTS) is 1. The molecule has 0 unspecified atom stereocenters. The van der Waals surface area contributed by atoms with Crippen molar-refractivity contribution in [2.24, 2.45) is 11.3 Å². The van der Waals surface area contributed by atoms with Gasteiger partial charge in [0.25, 0.3) is 0 Å². The number of aliphatic carboxylic acids is 1. The van der Waals surface area contributed by atoms with Gasteiger partial charge in [0.05, 0.1) is 5.92 Å². The molecule has 1 aliphatic heterocycles. The number of likely N-dealkylation sites (tertiary alicyclic amines) is 1. The molecule has 3 heteroatoms. The predicted octanol–water partition coefficient (Wildman–Crippen LogP) is 1.34. The van der Waals surface area contributed by atoms with Crippen molar-refractivity contribution >= 4 is 5.97 Å². The average Bonchev–Trinajstić information content (AvgIpc) is 2.73. The molecule has 0 amide bonds. The molecule has 3 aliphatic rings. The van der Waals surface area contributed by atoms with Crippen LogP contribution in [0.4, 0.5) is 0 Å². The summed E-state index contributed by atoms with van der Waals surface area (Å²) in [5, 5.41) is 8.90. The zero-order valence-corrected chi connectivity index (χ0v) is 8.41. The van der Waals surface area contributed by atoms with Gasteiger partial charge in [0.2, 0.25) is 0 Å². The number of nitrogens with zero attached hydrogens (tertiary/aromatic N) is 1. The third kappa shape index (κ3) is 1.26. The van der Waals surface area contributed by atoms with E-state index in [4.69, 9.17) is 5.11 Å². The van der Waals surface area contributed by atoms with Gasteiger partial charge in [0.15, 0.2) is 0 Å². The molecular formula is C11H17NO2. The van der Waals surface area contributed by atoms with Gasteiger partial charge in [0.1, 0.15) is 0 Å². The van der Waals surface area contributed by atoms with E-state index in [0.717, 1.165) is 19.3 Å². The molecular weight excluding hydrogens is 178 g/mol. The third-order valence-corrected chi connectivity index (χ3v) is 4.30. The van der Waals surface area contributed by atoms with Crippen LogP contribution >= 0.6 is 0 Å². The normalized spacial score (nSPS) is 39.7. The Morgan fingerprint density at radius 3 is 2.50 bits per heavy atom. The molecule has 78 valence electrons. The fourth-order valence-corrected chi connectivity index (χ4v) is 3.08. The first-order chi connectivity index (χ1) is 6.69. The van der Waals surface area contributed by atoms with E-state index >= 15 is 0 Å². The first kappa shape index (κ1) is 8.72. The molecule has 1 saturated heterocycles. The Labute approximate surface area is 84.1 Å². The summed E-state index contributed by atoms with van der Waals surface area (Å²) in [7, 11) is 0. The van der Waals surface area contributed by atoms with Crippen LogP contribution in [0.25, 0.3) is 0 Å². The summed E-state index contributed by atoms with van der Waals surface area (Å²) < 4.78 is 0. The maximum Gasteiger partial charge on any atom is 0.306 e. The standard InChI is InChI=1S/C11H17NO2/c13-10(14)8-1-2-9(5-8)12-6-11(7-12)3-4-11/h8-9H,1-7H2,(H,13,14)/t8-,9+/m1/s1. The van der Waals surface area contributed by atoms with Crippen molar-refractivity contribution in [3.05, 3.63) is 0 Å². The van der Waals surface area contributed by atoms with Crippen LogP contribution in [-0.2, 0) is 4.79 Å². The molecule has 1 N–H and O–H groups in total. The van der Waals surface area contributed by atoms with Crippen molar-refractivity contribution in [1.29, 1.82) is 0 Å². The van der Waals surface area contributed by atoms with Gasteiger partial charge in [-0.25, -0.2) is 0 Å². The number of hydrogen-bond acceptors (Lipinski definition) is 2. The molecule has 3 nitrogen and oxygen atoms in total. The van der Waals surface area contributed by atoms with Crippen LogP contribution in [0.2, 0.25) is 0 Å². The Morgan fingerprint density at radius 1 is 1.29 bits per heavy atom. The lowest BCUT2D eigenvalue weighted by molar-refractivity contribution is -0.141. The van der Waals surface area contributed by atoms with E-state index in [-0.39, 0.29) is 5.92 Å². The van der Waals surface area contributed by atoms with Gasteiger partial charge in [-0.15, -0.1) is 0 Å². The van der Waals surface area contributed by atoms with E-state index in [1.54, 1.807) is 0 Å². The van der Waals surface area contributed by atoms with E-state index in [0.29, 0.717) is 11.5 Å². The van der Waals surface area contributed by atoms with Gasteiger partial charge in [-0.05, 0) is 37.5 Å². The zero-order valence-electron chi connectivity index (χ0n) is 8.41. The van der Waals surface area contributed by atoms with Crippen LogP contribution < -0.4 is 0 Å². The Hall–Kier alpha value is -0.570. The highest BCUT2D eigenvalue weighted by Crippen LogP contribution is 2.54. The first-order valence-corrected chi connectivity index (χ1v) is 5.65. The SMILES string of the molecule is O=C(O)[C@@H]1CC[C@H](N2CC3(CC3)C2)C1. The van der Waals surface area contributed by atoms with Crippen molar-refractivity contribution in [1.82, 2.24) is 4.90 Å². The highest BCUT2D eigenvalue weighted by atomic mass is 16.4. The highest BCUT2D eigenvalue weighted by Gasteiger charge is 2.54. The minimum absolute atomic E-state index is 0.0595. The van der Waals surface area contributed by atoms with Gasteiger partial charge in [0, 0.05) is 19.1 Å². The number of carboxylic acids is 1. The molecule has 1 spiro atoms. The third-order valence-electron chi connectivity index (χ3n) is 4.30. The number of carbonyl (C=O) groups is 1. The first-order valence-electron chi connectivity index (χ1n) is 5.65. The van der Waals surface area contributed by atoms with E-state index < -0.39 is 5.97 Å². The zero-order chi connectivity index (χ0) is 9.76. The molecule has 2 atom stereocenters. The second kappa shape index (κ2) is 2.72. The van der Waals surface area contributed by atoms with E-state index in [9.17, 15) is 4.79 Å². The lowest BCUT2D eigenvalue weighted by Gasteiger charge is -2.44. The van der Waals surface area contributed by atoms with E-state index in [1.165, 1.54) is 25.9 Å². The summed E-state index contributed by atoms with van der Waals surface area (Å²) in [6.07, 6.45) is 5.72. The molecule has 2 saturated carbocycles. The second-order valence-electron chi connectivity index (χ2n) is 5.41. The summed E-state index contributed by atoms with van der Waals surface area (Å²) >= 11 is 0. The van der Waals surface area contributed by atoms with Crippen molar-refractivity contribution in [2.75, 3.05) is 13.1 Å². The average molecular weight is 195 g/mol. The Balaban J connectivity index is 1.53. The predicted molar refractivity (Wildman–Crippen MR) is 52.0 cm³/mol. The molecule has 2 aliphatic carbocycles. The Kier molecular flexibility index (Phi) is 1.69. The lowest BCUT2D eigenvalue weighted by Crippen LogP contribution is -2.52. The Morgan fingerprint density at radius 2 is 2.00 bits per heavy atom. The molecule has 0 aromatic heterocycles. The molecule has 14 heavy (non-hydrogen) atoms. The minimum Gasteiger partial charge on any atom is -0.481 e. The van der Waals surface area contributed by atoms with Crippen LogP contribution in [-0.4, -0.2) is 35.1 Å². The van der Waals surface area contributed by atoms with Crippen LogP contribution in [0.15, 0.2) is 0 Å². The highest BCUT2D eigenvalue weighted by molar-refractivity contribution is 5.70. The van der Waals surface area contributed by atoms with E-state index in [2.05, 4.69) is 4.90 Å². The minimum atomic E-state index is -0.589. The fraction of sp³-hybridized carbons (Fsp3) is 0.909. The van der Waals surface area contributed by atoms with E-state index in [1.807, 2.05) is 0 Å². The number of hydrogen-bond donors (Lipinski definition) is 1. The molecule has 3 rings (SSSR count). The molecule has 3 fully saturated rings. The monoisotopic (exact) mass is 195 g/mol. The summed E-state index contributed by atoms with van der Waals surface area (Å²) in [5.41, 5.74) is 0.710. The van der Waals surface area contributed by atoms with Gasteiger partial charge < -0.3 is 5.11 Å². The van der Waals surface area contributed by atoms with Crippen molar-refractivity contribution < 1.29 is 9.90 Å². The quantitative estimate of drug-likeness (QED) is 0.722. The number of rotatable bonds is 2. The van der Waals surface area contributed by atoms with Gasteiger partial charge >= 0.3 is 5.97 Å². The summed E-state index contributed by atoms with van der Waals surface area (Å²) in [6, 6.07) is 0.585. The molecule has 1 heterocycles. The molecule has 0 radical (unpaired) electrons. The van der Waals surface area contributed by atoms with Crippen molar-refractivity contribution in [3.63, 3.8) is 0 Å². The fourth-order valence-electron chi connectivity index (χ4n) is 3.08. The van der Waals surface area contributed by atoms with Crippen molar-refractivity contribution in [3.8, 4) is 0 Å². The Bertz CT molecular complexity index is 264. The van der Waals surface area contributed by atoms with Crippen molar-refractivity contribution in [2.45, 2.75) is 38.1 Å². The van der Waals surface area contributed by atoms with Gasteiger partial charge in [-0.3, -0.25) is 9.69 Å². The lowest BCUT2D eigenvalue weighted by atomic mass is 9.93. The molecule has 0 bridgehead atoms. The summed E-state index contributed by atoms with van der Waals surface area (Å²) in [4.78, 5) is 13.3. The summed E-state index contributed by atoms with van der Waals surface area (Å²) in [6.45, 7) is 2.51. The largest absolute Gasteiger partial charge is 0.481 e. The summed E-state index contributed by atoms with van der Waals surface area (Å²) in [5.74, 6) is -0.648. The van der Waals surface area contributed by atoms with Crippen LogP contribution in [0.3, 0.4) is 0 Å². The van der Waals surface area contributed by atoms with Gasteiger partial charge in [-0.2, -0.15) is 0 Å².